The Morgan fingerprint density at radius 3 is 1.76 bits per heavy atom. The van der Waals surface area contributed by atoms with Crippen LogP contribution in [0.25, 0.3) is 0 Å². The number of rotatable bonds is 0. The summed E-state index contributed by atoms with van der Waals surface area (Å²) in [5.41, 5.74) is 0. The van der Waals surface area contributed by atoms with Crippen molar-refractivity contribution in [2.45, 2.75) is 50.7 Å². The first-order valence-corrected chi connectivity index (χ1v) is 6.31. The van der Waals surface area contributed by atoms with E-state index in [0.29, 0.717) is 11.8 Å². The summed E-state index contributed by atoms with van der Waals surface area (Å²) >= 11 is 0. The van der Waals surface area contributed by atoms with Gasteiger partial charge < -0.3 is 14.2 Å². The summed E-state index contributed by atoms with van der Waals surface area (Å²) < 4.78 is 14.6. The largest absolute Gasteiger partial charge is 0.518 e. The van der Waals surface area contributed by atoms with Gasteiger partial charge in [0.2, 0.25) is 0 Å². The second kappa shape index (κ2) is 4.20. The SMILES string of the molecule is O=C1OC(=O)OC2CC3CCCCC3CC2O1. The Bertz CT molecular complexity index is 308. The molecule has 3 fully saturated rings. The van der Waals surface area contributed by atoms with Gasteiger partial charge in [0.15, 0.2) is 0 Å². The van der Waals surface area contributed by atoms with E-state index >= 15 is 0 Å². The molecule has 1 aliphatic heterocycles. The van der Waals surface area contributed by atoms with Crippen LogP contribution >= 0.6 is 0 Å². The van der Waals surface area contributed by atoms with Gasteiger partial charge in [-0.05, 0) is 24.7 Å². The Morgan fingerprint density at radius 2 is 1.29 bits per heavy atom. The van der Waals surface area contributed by atoms with Crippen molar-refractivity contribution in [1.82, 2.24) is 0 Å². The normalized spacial score (nSPS) is 41.2. The third-order valence-electron chi connectivity index (χ3n) is 4.21. The maximum absolute atomic E-state index is 11.2. The molecule has 0 N–H and O–H groups in total. The standard InChI is InChI=1S/C12H16O5/c13-11-15-9-5-7-3-1-2-4-8(7)6-10(9)16-12(14)17-11/h7-10H,1-6H2. The second-order valence-corrected chi connectivity index (χ2v) is 5.19. The maximum atomic E-state index is 11.2. The minimum absolute atomic E-state index is 0.312. The Balaban J connectivity index is 1.75. The molecule has 5 nitrogen and oxygen atoms in total. The van der Waals surface area contributed by atoms with Crippen molar-refractivity contribution >= 4 is 12.3 Å². The van der Waals surface area contributed by atoms with E-state index in [0.717, 1.165) is 12.8 Å². The average Bonchev–Trinajstić information content (AvgIpc) is 2.42. The van der Waals surface area contributed by atoms with Crippen LogP contribution in [-0.2, 0) is 14.2 Å². The molecule has 94 valence electrons. The monoisotopic (exact) mass is 240 g/mol. The molecule has 1 saturated heterocycles. The zero-order chi connectivity index (χ0) is 11.8. The Kier molecular flexibility index (Phi) is 2.68. The van der Waals surface area contributed by atoms with Crippen molar-refractivity contribution in [3.05, 3.63) is 0 Å². The van der Waals surface area contributed by atoms with Gasteiger partial charge in [-0.3, -0.25) is 0 Å². The Hall–Kier alpha value is -1.26. The van der Waals surface area contributed by atoms with Gasteiger partial charge >= 0.3 is 12.3 Å². The summed E-state index contributed by atoms with van der Waals surface area (Å²) in [6.07, 6.45) is 4.04. The molecule has 2 aliphatic carbocycles. The smallest absolute Gasteiger partial charge is 0.427 e. The van der Waals surface area contributed by atoms with E-state index in [4.69, 9.17) is 9.47 Å². The molecule has 0 bridgehead atoms. The van der Waals surface area contributed by atoms with Crippen molar-refractivity contribution in [1.29, 1.82) is 0 Å². The van der Waals surface area contributed by atoms with Crippen LogP contribution in [-0.4, -0.2) is 24.5 Å². The fourth-order valence-corrected chi connectivity index (χ4v) is 3.42. The predicted molar refractivity (Wildman–Crippen MR) is 56.3 cm³/mol. The van der Waals surface area contributed by atoms with Gasteiger partial charge in [-0.25, -0.2) is 9.59 Å². The van der Waals surface area contributed by atoms with Crippen LogP contribution in [0.4, 0.5) is 9.59 Å². The van der Waals surface area contributed by atoms with Crippen LogP contribution in [0.5, 0.6) is 0 Å². The van der Waals surface area contributed by atoms with Crippen LogP contribution in [0.1, 0.15) is 38.5 Å². The van der Waals surface area contributed by atoms with Crippen molar-refractivity contribution in [3.63, 3.8) is 0 Å². The van der Waals surface area contributed by atoms with E-state index < -0.39 is 12.3 Å². The zero-order valence-electron chi connectivity index (χ0n) is 9.59. The molecular weight excluding hydrogens is 224 g/mol. The molecule has 0 radical (unpaired) electrons. The summed E-state index contributed by atoms with van der Waals surface area (Å²) in [5, 5.41) is 0. The van der Waals surface area contributed by atoms with Gasteiger partial charge in [0, 0.05) is 0 Å². The average molecular weight is 240 g/mol. The van der Waals surface area contributed by atoms with Crippen LogP contribution < -0.4 is 0 Å². The second-order valence-electron chi connectivity index (χ2n) is 5.19. The van der Waals surface area contributed by atoms with E-state index in [1.807, 2.05) is 0 Å². The van der Waals surface area contributed by atoms with Gasteiger partial charge in [0.25, 0.3) is 0 Å². The molecule has 4 atom stereocenters. The topological polar surface area (TPSA) is 61.8 Å². The molecule has 3 aliphatic rings. The fourth-order valence-electron chi connectivity index (χ4n) is 3.42. The number of hydrogen-bond donors (Lipinski definition) is 0. The third kappa shape index (κ3) is 2.10. The van der Waals surface area contributed by atoms with E-state index in [-0.39, 0.29) is 12.2 Å². The molecule has 0 aromatic rings. The van der Waals surface area contributed by atoms with Crippen LogP contribution in [0, 0.1) is 11.8 Å². The highest BCUT2D eigenvalue weighted by Crippen LogP contribution is 2.42. The van der Waals surface area contributed by atoms with Gasteiger partial charge in [-0.1, -0.05) is 25.7 Å². The fraction of sp³-hybridized carbons (Fsp3) is 0.833. The Labute approximate surface area is 99.4 Å². The Morgan fingerprint density at radius 1 is 0.824 bits per heavy atom. The van der Waals surface area contributed by atoms with Crippen LogP contribution in [0.2, 0.25) is 0 Å². The highest BCUT2D eigenvalue weighted by Gasteiger charge is 2.44. The van der Waals surface area contributed by atoms with Crippen molar-refractivity contribution < 1.29 is 23.8 Å². The van der Waals surface area contributed by atoms with Crippen molar-refractivity contribution in [2.24, 2.45) is 11.8 Å². The van der Waals surface area contributed by atoms with Gasteiger partial charge in [-0.15, -0.1) is 0 Å². The zero-order valence-corrected chi connectivity index (χ0v) is 9.59. The van der Waals surface area contributed by atoms with Gasteiger partial charge in [0.1, 0.15) is 12.2 Å². The third-order valence-corrected chi connectivity index (χ3v) is 4.21. The lowest BCUT2D eigenvalue weighted by Crippen LogP contribution is -2.42. The molecule has 0 aromatic carbocycles. The first-order chi connectivity index (χ1) is 8.22. The summed E-state index contributed by atoms with van der Waals surface area (Å²) in [5.74, 6) is 1.21. The van der Waals surface area contributed by atoms with Crippen molar-refractivity contribution in [2.75, 3.05) is 0 Å². The lowest BCUT2D eigenvalue weighted by atomic mass is 9.69. The predicted octanol–water partition coefficient (Wildman–Crippen LogP) is 2.63. The minimum Gasteiger partial charge on any atom is -0.427 e. The molecule has 3 rings (SSSR count). The lowest BCUT2D eigenvalue weighted by Gasteiger charge is -2.41. The summed E-state index contributed by atoms with van der Waals surface area (Å²) in [6.45, 7) is 0. The summed E-state index contributed by atoms with van der Waals surface area (Å²) in [6, 6.07) is 0. The molecule has 17 heavy (non-hydrogen) atoms. The molecule has 1 heterocycles. The molecule has 0 amide bonds. The molecule has 4 unspecified atom stereocenters. The number of hydrogen-bond acceptors (Lipinski definition) is 5. The van der Waals surface area contributed by atoms with E-state index in [1.165, 1.54) is 25.7 Å². The van der Waals surface area contributed by atoms with Crippen LogP contribution in [0.3, 0.4) is 0 Å². The molecular formula is C12H16O5. The van der Waals surface area contributed by atoms with E-state index in [9.17, 15) is 9.59 Å². The number of cyclic esters (lactones) is 2. The molecule has 0 spiro atoms. The number of carbonyl (C=O) groups excluding carboxylic acids is 2. The number of ether oxygens (including phenoxy) is 3. The molecule has 5 heteroatoms. The summed E-state index contributed by atoms with van der Waals surface area (Å²) in [4.78, 5) is 22.3. The maximum Gasteiger partial charge on any atom is 0.518 e. The first kappa shape index (κ1) is 10.9. The van der Waals surface area contributed by atoms with E-state index in [1.54, 1.807) is 0 Å². The van der Waals surface area contributed by atoms with Gasteiger partial charge in [0.05, 0.1) is 0 Å². The summed E-state index contributed by atoms with van der Waals surface area (Å²) in [7, 11) is 0. The van der Waals surface area contributed by atoms with Crippen molar-refractivity contribution in [3.8, 4) is 0 Å². The highest BCUT2D eigenvalue weighted by atomic mass is 16.8. The molecule has 0 aromatic heterocycles. The number of carbonyl (C=O) groups is 2. The first-order valence-electron chi connectivity index (χ1n) is 6.31. The van der Waals surface area contributed by atoms with Gasteiger partial charge in [-0.2, -0.15) is 0 Å². The van der Waals surface area contributed by atoms with Crippen LogP contribution in [0.15, 0.2) is 0 Å². The molecule has 2 saturated carbocycles. The highest BCUT2D eigenvalue weighted by molar-refractivity contribution is 5.77. The number of fused-ring (bicyclic) bond motifs is 2. The minimum atomic E-state index is -0.920. The lowest BCUT2D eigenvalue weighted by molar-refractivity contribution is -0.0538. The quantitative estimate of drug-likeness (QED) is 0.481. The van der Waals surface area contributed by atoms with E-state index in [2.05, 4.69) is 4.74 Å².